The average Bonchev–Trinajstić information content (AvgIpc) is 2.83. The van der Waals surface area contributed by atoms with Gasteiger partial charge in [-0.15, -0.1) is 0 Å². The summed E-state index contributed by atoms with van der Waals surface area (Å²) in [5.41, 5.74) is 6.65. The molecule has 1 aromatic carbocycles. The third-order valence-electron chi connectivity index (χ3n) is 2.61. The van der Waals surface area contributed by atoms with Crippen molar-refractivity contribution in [2.75, 3.05) is 5.75 Å². The Morgan fingerprint density at radius 2 is 2.32 bits per heavy atom. The van der Waals surface area contributed by atoms with E-state index in [1.165, 1.54) is 0 Å². The van der Waals surface area contributed by atoms with Crippen LogP contribution in [0.3, 0.4) is 0 Å². The van der Waals surface area contributed by atoms with Gasteiger partial charge in [-0.1, -0.05) is 23.7 Å². The highest BCUT2D eigenvalue weighted by Gasteiger charge is 2.07. The molecule has 102 valence electrons. The largest absolute Gasteiger partial charge is 0.440 e. The molecule has 0 aliphatic rings. The molecule has 2 rings (SSSR count). The van der Waals surface area contributed by atoms with Crippen LogP contribution in [0, 0.1) is 0 Å². The van der Waals surface area contributed by atoms with Crippen molar-refractivity contribution in [3.8, 4) is 11.3 Å². The summed E-state index contributed by atoms with van der Waals surface area (Å²) in [6.07, 6.45) is 2.75. The first-order valence-corrected chi connectivity index (χ1v) is 7.72. The number of benzene rings is 1. The van der Waals surface area contributed by atoms with Gasteiger partial charge in [0, 0.05) is 16.6 Å². The fourth-order valence-electron chi connectivity index (χ4n) is 1.58. The van der Waals surface area contributed by atoms with Gasteiger partial charge in [-0.25, -0.2) is 4.98 Å². The van der Waals surface area contributed by atoms with Crippen LogP contribution in [-0.2, 0) is 5.75 Å². The lowest BCUT2D eigenvalue weighted by Gasteiger charge is -2.02. The van der Waals surface area contributed by atoms with E-state index in [9.17, 15) is 0 Å². The lowest BCUT2D eigenvalue weighted by Crippen LogP contribution is -2.15. The lowest BCUT2D eigenvalue weighted by molar-refractivity contribution is 0.530. The summed E-state index contributed by atoms with van der Waals surface area (Å²) in [4.78, 5) is 4.28. The molecule has 0 aliphatic carbocycles. The molecule has 19 heavy (non-hydrogen) atoms. The number of rotatable bonds is 6. The monoisotopic (exact) mass is 296 g/mol. The molecular weight excluding hydrogens is 280 g/mol. The third kappa shape index (κ3) is 4.56. The van der Waals surface area contributed by atoms with Crippen LogP contribution in [0.25, 0.3) is 11.3 Å². The topological polar surface area (TPSA) is 52.0 Å². The molecule has 2 aromatic rings. The summed E-state index contributed by atoms with van der Waals surface area (Å²) in [5.74, 6) is 3.29. The minimum absolute atomic E-state index is 0.249. The van der Waals surface area contributed by atoms with Crippen molar-refractivity contribution in [1.29, 1.82) is 0 Å². The highest BCUT2D eigenvalue weighted by atomic mass is 35.5. The molecular formula is C14H17ClN2OS. The number of oxazole rings is 1. The maximum Gasteiger partial charge on any atom is 0.204 e. The van der Waals surface area contributed by atoms with E-state index >= 15 is 0 Å². The maximum atomic E-state index is 5.96. The van der Waals surface area contributed by atoms with Crippen molar-refractivity contribution in [2.24, 2.45) is 5.73 Å². The summed E-state index contributed by atoms with van der Waals surface area (Å²) in [5, 5.41) is 0.696. The fraction of sp³-hybridized carbons (Fsp3) is 0.357. The van der Waals surface area contributed by atoms with Gasteiger partial charge in [0.05, 0.1) is 11.9 Å². The number of halogens is 1. The van der Waals surface area contributed by atoms with Crippen molar-refractivity contribution in [3.05, 3.63) is 41.4 Å². The SMILES string of the molecule is CC(N)CCSCc1ncc(-c2cccc(Cl)c2)o1. The van der Waals surface area contributed by atoms with Gasteiger partial charge in [0.25, 0.3) is 0 Å². The van der Waals surface area contributed by atoms with Gasteiger partial charge in [-0.3, -0.25) is 0 Å². The number of aromatic nitrogens is 1. The van der Waals surface area contributed by atoms with Crippen LogP contribution in [0.5, 0.6) is 0 Å². The highest BCUT2D eigenvalue weighted by Crippen LogP contribution is 2.24. The van der Waals surface area contributed by atoms with Gasteiger partial charge in [0.1, 0.15) is 0 Å². The number of thioether (sulfide) groups is 1. The van der Waals surface area contributed by atoms with Crippen LogP contribution >= 0.6 is 23.4 Å². The van der Waals surface area contributed by atoms with E-state index in [2.05, 4.69) is 4.98 Å². The second kappa shape index (κ2) is 6.98. The quantitative estimate of drug-likeness (QED) is 0.820. The van der Waals surface area contributed by atoms with Crippen molar-refractivity contribution in [1.82, 2.24) is 4.98 Å². The molecule has 0 saturated heterocycles. The van der Waals surface area contributed by atoms with Crippen molar-refractivity contribution in [3.63, 3.8) is 0 Å². The van der Waals surface area contributed by atoms with E-state index in [1.807, 2.05) is 31.2 Å². The Kier molecular flexibility index (Phi) is 5.31. The summed E-state index contributed by atoms with van der Waals surface area (Å²) >= 11 is 7.74. The Bertz CT molecular complexity index is 528. The van der Waals surface area contributed by atoms with Crippen LogP contribution in [0.4, 0.5) is 0 Å². The van der Waals surface area contributed by atoms with Crippen LogP contribution < -0.4 is 5.73 Å². The Morgan fingerprint density at radius 1 is 1.47 bits per heavy atom. The Labute approximate surface area is 122 Å². The molecule has 0 spiro atoms. The molecule has 1 unspecified atom stereocenters. The molecule has 0 bridgehead atoms. The Balaban J connectivity index is 1.92. The van der Waals surface area contributed by atoms with Gasteiger partial charge in [0.15, 0.2) is 5.76 Å². The van der Waals surface area contributed by atoms with Gasteiger partial charge >= 0.3 is 0 Å². The first-order valence-electron chi connectivity index (χ1n) is 6.19. The molecule has 0 fully saturated rings. The predicted octanol–water partition coefficient (Wildman–Crippen LogP) is 3.97. The van der Waals surface area contributed by atoms with Crippen molar-refractivity contribution in [2.45, 2.75) is 25.1 Å². The van der Waals surface area contributed by atoms with Crippen molar-refractivity contribution < 1.29 is 4.42 Å². The van der Waals surface area contributed by atoms with E-state index < -0.39 is 0 Å². The molecule has 5 heteroatoms. The second-order valence-corrected chi connectivity index (χ2v) is 5.99. The normalized spacial score (nSPS) is 12.6. The number of nitrogens with zero attached hydrogens (tertiary/aromatic N) is 1. The fourth-order valence-corrected chi connectivity index (χ4v) is 2.76. The van der Waals surface area contributed by atoms with E-state index in [-0.39, 0.29) is 6.04 Å². The van der Waals surface area contributed by atoms with Crippen LogP contribution in [-0.4, -0.2) is 16.8 Å². The molecule has 1 aromatic heterocycles. The highest BCUT2D eigenvalue weighted by molar-refractivity contribution is 7.98. The first kappa shape index (κ1) is 14.4. The predicted molar refractivity (Wildman–Crippen MR) is 81.4 cm³/mol. The summed E-state index contributed by atoms with van der Waals surface area (Å²) in [7, 11) is 0. The maximum absolute atomic E-state index is 5.96. The number of nitrogens with two attached hydrogens (primary N) is 1. The Hall–Kier alpha value is -0.970. The molecule has 0 amide bonds. The second-order valence-electron chi connectivity index (χ2n) is 4.45. The van der Waals surface area contributed by atoms with Gasteiger partial charge in [-0.2, -0.15) is 11.8 Å². The van der Waals surface area contributed by atoms with E-state index in [0.29, 0.717) is 5.02 Å². The van der Waals surface area contributed by atoms with Gasteiger partial charge in [0.2, 0.25) is 5.89 Å². The molecule has 1 atom stereocenters. The minimum Gasteiger partial charge on any atom is -0.440 e. The minimum atomic E-state index is 0.249. The molecule has 1 heterocycles. The zero-order valence-corrected chi connectivity index (χ0v) is 12.4. The van der Waals surface area contributed by atoms with Gasteiger partial charge < -0.3 is 10.2 Å². The molecule has 0 aliphatic heterocycles. The summed E-state index contributed by atoms with van der Waals surface area (Å²) in [6.45, 7) is 2.02. The van der Waals surface area contributed by atoms with Gasteiger partial charge in [-0.05, 0) is 31.2 Å². The third-order valence-corrected chi connectivity index (χ3v) is 3.82. The zero-order chi connectivity index (χ0) is 13.7. The van der Waals surface area contributed by atoms with Crippen LogP contribution in [0.1, 0.15) is 19.2 Å². The van der Waals surface area contributed by atoms with Crippen molar-refractivity contribution >= 4 is 23.4 Å². The van der Waals surface area contributed by atoms with E-state index in [0.717, 1.165) is 35.1 Å². The first-order chi connectivity index (χ1) is 9.15. The smallest absolute Gasteiger partial charge is 0.204 e. The van der Waals surface area contributed by atoms with E-state index in [1.54, 1.807) is 18.0 Å². The Morgan fingerprint density at radius 3 is 3.05 bits per heavy atom. The molecule has 2 N–H and O–H groups in total. The number of hydrogen-bond acceptors (Lipinski definition) is 4. The van der Waals surface area contributed by atoms with Crippen LogP contribution in [0.15, 0.2) is 34.9 Å². The molecule has 3 nitrogen and oxygen atoms in total. The summed E-state index contributed by atoms with van der Waals surface area (Å²) in [6, 6.07) is 7.82. The molecule has 0 saturated carbocycles. The zero-order valence-electron chi connectivity index (χ0n) is 10.8. The standard InChI is InChI=1S/C14H17ClN2OS/c1-10(16)5-6-19-9-14-17-8-13(18-14)11-3-2-4-12(15)7-11/h2-4,7-8,10H,5-6,9,16H2,1H3. The van der Waals surface area contributed by atoms with Crippen LogP contribution in [0.2, 0.25) is 5.02 Å². The van der Waals surface area contributed by atoms with E-state index in [4.69, 9.17) is 21.8 Å². The average molecular weight is 297 g/mol. The number of hydrogen-bond donors (Lipinski definition) is 1. The lowest BCUT2D eigenvalue weighted by atomic mass is 10.2. The summed E-state index contributed by atoms with van der Waals surface area (Å²) < 4.78 is 5.71. The molecule has 0 radical (unpaired) electrons.